The second-order valence-corrected chi connectivity index (χ2v) is 7.02. The number of nitrogens with one attached hydrogen (secondary N) is 1. The summed E-state index contributed by atoms with van der Waals surface area (Å²) < 4.78 is 1.07. The molecule has 0 spiro atoms. The first-order valence-electron chi connectivity index (χ1n) is 7.27. The molecule has 2 rings (SSSR count). The van der Waals surface area contributed by atoms with Crippen molar-refractivity contribution in [1.29, 1.82) is 0 Å². The Labute approximate surface area is 130 Å². The van der Waals surface area contributed by atoms with Crippen LogP contribution in [0.5, 0.6) is 0 Å². The van der Waals surface area contributed by atoms with E-state index in [4.69, 9.17) is 11.6 Å². The summed E-state index contributed by atoms with van der Waals surface area (Å²) in [5.74, 6) is 1.63. The third kappa shape index (κ3) is 3.96. The van der Waals surface area contributed by atoms with Gasteiger partial charge in [0.25, 0.3) is 0 Å². The molecule has 3 atom stereocenters. The molecule has 19 heavy (non-hydrogen) atoms. The highest BCUT2D eigenvalue weighted by molar-refractivity contribution is 9.10. The van der Waals surface area contributed by atoms with Gasteiger partial charge in [-0.1, -0.05) is 53.7 Å². The molecule has 106 valence electrons. The Morgan fingerprint density at radius 3 is 2.79 bits per heavy atom. The molecule has 1 aromatic carbocycles. The van der Waals surface area contributed by atoms with E-state index in [-0.39, 0.29) is 0 Å². The third-order valence-electron chi connectivity index (χ3n) is 4.43. The van der Waals surface area contributed by atoms with Crippen molar-refractivity contribution in [1.82, 2.24) is 5.32 Å². The van der Waals surface area contributed by atoms with E-state index >= 15 is 0 Å². The van der Waals surface area contributed by atoms with Gasteiger partial charge in [0.1, 0.15) is 0 Å². The van der Waals surface area contributed by atoms with Gasteiger partial charge in [-0.05, 0) is 55.5 Å². The quantitative estimate of drug-likeness (QED) is 0.752. The first kappa shape index (κ1) is 15.3. The monoisotopic (exact) mass is 343 g/mol. The van der Waals surface area contributed by atoms with Crippen LogP contribution in [0.4, 0.5) is 0 Å². The van der Waals surface area contributed by atoms with Crippen LogP contribution in [-0.2, 0) is 0 Å². The molecule has 0 radical (unpaired) electrons. The van der Waals surface area contributed by atoms with E-state index in [1.54, 1.807) is 0 Å². The molecule has 3 unspecified atom stereocenters. The maximum Gasteiger partial charge on any atom is 0.0420 e. The lowest BCUT2D eigenvalue weighted by Gasteiger charge is -2.34. The Bertz CT molecular complexity index is 401. The zero-order valence-corrected chi connectivity index (χ0v) is 14.1. The van der Waals surface area contributed by atoms with Gasteiger partial charge in [0.05, 0.1) is 0 Å². The average Bonchev–Trinajstić information content (AvgIpc) is 2.39. The van der Waals surface area contributed by atoms with E-state index in [1.807, 2.05) is 6.07 Å². The SMILES string of the molecule is CCC1CCCC(C(NC)c2cc(Cl)cc(Br)c2)C1. The van der Waals surface area contributed by atoms with Crippen LogP contribution in [0, 0.1) is 11.8 Å². The Morgan fingerprint density at radius 1 is 1.37 bits per heavy atom. The van der Waals surface area contributed by atoms with E-state index in [2.05, 4.69) is 47.4 Å². The zero-order valence-electron chi connectivity index (χ0n) is 11.8. The van der Waals surface area contributed by atoms with Crippen LogP contribution in [0.3, 0.4) is 0 Å². The lowest BCUT2D eigenvalue weighted by atomic mass is 9.75. The lowest BCUT2D eigenvalue weighted by molar-refractivity contribution is 0.214. The molecule has 1 aromatic rings. The summed E-state index contributed by atoms with van der Waals surface area (Å²) in [6.45, 7) is 2.32. The molecule has 0 aliphatic heterocycles. The van der Waals surface area contributed by atoms with E-state index < -0.39 is 0 Å². The fourth-order valence-electron chi connectivity index (χ4n) is 3.44. The molecule has 0 aromatic heterocycles. The summed E-state index contributed by atoms with van der Waals surface area (Å²) in [5.41, 5.74) is 1.31. The Kier molecular flexibility index (Phi) is 5.73. The van der Waals surface area contributed by atoms with Crippen LogP contribution < -0.4 is 5.32 Å². The van der Waals surface area contributed by atoms with Crippen molar-refractivity contribution in [3.05, 3.63) is 33.3 Å². The number of benzene rings is 1. The van der Waals surface area contributed by atoms with Crippen LogP contribution in [0.2, 0.25) is 5.02 Å². The minimum Gasteiger partial charge on any atom is -0.313 e. The molecule has 0 bridgehead atoms. The van der Waals surface area contributed by atoms with Crippen LogP contribution >= 0.6 is 27.5 Å². The first-order valence-corrected chi connectivity index (χ1v) is 8.44. The normalized spacial score (nSPS) is 25.3. The molecule has 0 amide bonds. The van der Waals surface area contributed by atoms with Crippen molar-refractivity contribution >= 4 is 27.5 Å². The van der Waals surface area contributed by atoms with Gasteiger partial charge in [0, 0.05) is 15.5 Å². The topological polar surface area (TPSA) is 12.0 Å². The molecule has 1 fully saturated rings. The van der Waals surface area contributed by atoms with E-state index in [0.717, 1.165) is 21.3 Å². The van der Waals surface area contributed by atoms with Gasteiger partial charge in [-0.3, -0.25) is 0 Å². The smallest absolute Gasteiger partial charge is 0.0420 e. The Balaban J connectivity index is 2.18. The highest BCUT2D eigenvalue weighted by atomic mass is 79.9. The molecule has 1 aliphatic rings. The van der Waals surface area contributed by atoms with Gasteiger partial charge >= 0.3 is 0 Å². The van der Waals surface area contributed by atoms with E-state index in [9.17, 15) is 0 Å². The first-order chi connectivity index (χ1) is 9.13. The molecule has 0 saturated heterocycles. The Hall–Kier alpha value is -0.0500. The van der Waals surface area contributed by atoms with Gasteiger partial charge in [-0.15, -0.1) is 0 Å². The maximum absolute atomic E-state index is 6.19. The fourth-order valence-corrected chi connectivity index (χ4v) is 4.32. The third-order valence-corrected chi connectivity index (χ3v) is 5.10. The van der Waals surface area contributed by atoms with Crippen molar-refractivity contribution in [3.63, 3.8) is 0 Å². The summed E-state index contributed by atoms with van der Waals surface area (Å²) >= 11 is 9.74. The summed E-state index contributed by atoms with van der Waals surface area (Å²) in [4.78, 5) is 0. The molecule has 1 N–H and O–H groups in total. The molecule has 1 saturated carbocycles. The van der Waals surface area contributed by atoms with Crippen molar-refractivity contribution in [3.8, 4) is 0 Å². The summed E-state index contributed by atoms with van der Waals surface area (Å²) in [6, 6.07) is 6.67. The van der Waals surface area contributed by atoms with Gasteiger partial charge in [-0.25, -0.2) is 0 Å². The van der Waals surface area contributed by atoms with Crippen LogP contribution in [0.15, 0.2) is 22.7 Å². The summed E-state index contributed by atoms with van der Waals surface area (Å²) in [6.07, 6.45) is 6.75. The molecular weight excluding hydrogens is 322 g/mol. The molecule has 3 heteroatoms. The second-order valence-electron chi connectivity index (χ2n) is 5.67. The number of rotatable bonds is 4. The molecule has 1 aliphatic carbocycles. The number of hydrogen-bond acceptors (Lipinski definition) is 1. The molecule has 0 heterocycles. The molecule has 1 nitrogen and oxygen atoms in total. The highest BCUT2D eigenvalue weighted by Gasteiger charge is 2.28. The van der Waals surface area contributed by atoms with Crippen LogP contribution in [0.25, 0.3) is 0 Å². The maximum atomic E-state index is 6.19. The van der Waals surface area contributed by atoms with Crippen molar-refractivity contribution in [2.45, 2.75) is 45.1 Å². The second kappa shape index (κ2) is 7.10. The van der Waals surface area contributed by atoms with Crippen LogP contribution in [0.1, 0.15) is 50.6 Å². The van der Waals surface area contributed by atoms with Gasteiger partial charge < -0.3 is 5.32 Å². The largest absolute Gasteiger partial charge is 0.313 e. The summed E-state index contributed by atoms with van der Waals surface area (Å²) in [5, 5.41) is 4.32. The lowest BCUT2D eigenvalue weighted by Crippen LogP contribution is -2.29. The van der Waals surface area contributed by atoms with E-state index in [0.29, 0.717) is 6.04 Å². The van der Waals surface area contributed by atoms with Crippen LogP contribution in [-0.4, -0.2) is 7.05 Å². The zero-order chi connectivity index (χ0) is 13.8. The predicted octanol–water partition coefficient (Wildman–Crippen LogP) is 5.58. The standard InChI is InChI=1S/C16H23BrClN/c1-3-11-5-4-6-12(7-11)16(19-2)13-8-14(17)10-15(18)9-13/h8-12,16,19H,3-7H2,1-2H3. The highest BCUT2D eigenvalue weighted by Crippen LogP contribution is 2.39. The minimum absolute atomic E-state index is 0.421. The number of hydrogen-bond donors (Lipinski definition) is 1. The predicted molar refractivity (Wildman–Crippen MR) is 86.7 cm³/mol. The summed E-state index contributed by atoms with van der Waals surface area (Å²) in [7, 11) is 2.06. The number of halogens is 2. The average molecular weight is 345 g/mol. The van der Waals surface area contributed by atoms with Crippen molar-refractivity contribution in [2.75, 3.05) is 7.05 Å². The van der Waals surface area contributed by atoms with Gasteiger partial charge in [0.15, 0.2) is 0 Å². The van der Waals surface area contributed by atoms with Gasteiger partial charge in [-0.2, -0.15) is 0 Å². The minimum atomic E-state index is 0.421. The van der Waals surface area contributed by atoms with Crippen molar-refractivity contribution < 1.29 is 0 Å². The Morgan fingerprint density at radius 2 is 2.16 bits per heavy atom. The van der Waals surface area contributed by atoms with Crippen molar-refractivity contribution in [2.24, 2.45) is 11.8 Å². The van der Waals surface area contributed by atoms with E-state index in [1.165, 1.54) is 37.7 Å². The van der Waals surface area contributed by atoms with Gasteiger partial charge in [0.2, 0.25) is 0 Å². The fraction of sp³-hybridized carbons (Fsp3) is 0.625. The molecular formula is C16H23BrClN.